The van der Waals surface area contributed by atoms with Crippen LogP contribution in [-0.4, -0.2) is 81.0 Å². The monoisotopic (exact) mass is 466 g/mol. The van der Waals surface area contributed by atoms with Crippen LogP contribution in [0.4, 0.5) is 22.0 Å². The molecule has 1 aromatic carbocycles. The molecule has 0 spiro atoms. The quantitative estimate of drug-likeness (QED) is 0.282. The summed E-state index contributed by atoms with van der Waals surface area (Å²) in [6.45, 7) is 0.641. The molecule has 1 heterocycles. The predicted octanol–water partition coefficient (Wildman–Crippen LogP) is 3.81. The van der Waals surface area contributed by atoms with Gasteiger partial charge in [0.2, 0.25) is 5.91 Å². The van der Waals surface area contributed by atoms with Crippen LogP contribution in [0, 0.1) is 0 Å². The molecular weight excluding hydrogens is 439 g/mol. The maximum Gasteiger partial charge on any atom is 0.411 e. The molecule has 1 fully saturated rings. The molecule has 0 unspecified atom stereocenters. The molecule has 32 heavy (non-hydrogen) atoms. The van der Waals surface area contributed by atoms with Crippen LogP contribution < -0.4 is 9.47 Å². The number of carbonyl (C=O) groups is 1. The lowest BCUT2D eigenvalue weighted by atomic mass is 10.2. The van der Waals surface area contributed by atoms with Crippen LogP contribution in [0.5, 0.6) is 11.5 Å². The number of benzene rings is 1. The summed E-state index contributed by atoms with van der Waals surface area (Å²) >= 11 is 0. The Hall–Kier alpha value is -2.40. The summed E-state index contributed by atoms with van der Waals surface area (Å²) in [5.41, 5.74) is 0.598. The SMILES string of the molecule is CCOc1cc(/C=C/C(=O)N2CCN(CCCOCC(F)(F)F)CC2)ccc1OC(F)F. The zero-order chi connectivity index (χ0) is 23.6. The number of piperazine rings is 1. The van der Waals surface area contributed by atoms with E-state index in [1.807, 2.05) is 0 Å². The number of amides is 1. The van der Waals surface area contributed by atoms with Crippen molar-refractivity contribution in [1.29, 1.82) is 0 Å². The Balaban J connectivity index is 1.78. The third kappa shape index (κ3) is 9.39. The summed E-state index contributed by atoms with van der Waals surface area (Å²) in [5, 5.41) is 0. The normalized spacial score (nSPS) is 15.5. The molecule has 180 valence electrons. The van der Waals surface area contributed by atoms with E-state index in [-0.39, 0.29) is 30.6 Å². The van der Waals surface area contributed by atoms with Crippen molar-refractivity contribution in [1.82, 2.24) is 9.80 Å². The molecule has 0 N–H and O–H groups in total. The van der Waals surface area contributed by atoms with Crippen molar-refractivity contribution in [2.24, 2.45) is 0 Å². The van der Waals surface area contributed by atoms with Gasteiger partial charge < -0.3 is 19.1 Å². The van der Waals surface area contributed by atoms with Gasteiger partial charge in [-0.2, -0.15) is 22.0 Å². The highest BCUT2D eigenvalue weighted by Crippen LogP contribution is 2.30. The summed E-state index contributed by atoms with van der Waals surface area (Å²) in [6.07, 6.45) is -0.857. The van der Waals surface area contributed by atoms with Gasteiger partial charge in [0.15, 0.2) is 11.5 Å². The van der Waals surface area contributed by atoms with Crippen LogP contribution in [0.15, 0.2) is 24.3 Å². The highest BCUT2D eigenvalue weighted by molar-refractivity contribution is 5.92. The fourth-order valence-corrected chi connectivity index (χ4v) is 3.13. The van der Waals surface area contributed by atoms with Crippen molar-refractivity contribution in [2.45, 2.75) is 26.1 Å². The van der Waals surface area contributed by atoms with Crippen LogP contribution in [0.2, 0.25) is 0 Å². The predicted molar refractivity (Wildman–Crippen MR) is 108 cm³/mol. The summed E-state index contributed by atoms with van der Waals surface area (Å²) in [5.74, 6) is -0.107. The summed E-state index contributed by atoms with van der Waals surface area (Å²) in [7, 11) is 0. The molecule has 0 bridgehead atoms. The molecule has 1 aromatic rings. The molecule has 2 rings (SSSR count). The zero-order valence-electron chi connectivity index (χ0n) is 17.7. The highest BCUT2D eigenvalue weighted by atomic mass is 19.4. The standard InChI is InChI=1S/C21H27F5N2O4/c1-2-31-18-14-16(4-6-17(18)32-20(22)23)5-7-19(29)28-11-9-27(10-12-28)8-3-13-30-15-21(24,25)26/h4-7,14,20H,2-3,8-13,15H2,1H3/b7-5+. The van der Waals surface area contributed by atoms with Crippen LogP contribution >= 0.6 is 0 Å². The summed E-state index contributed by atoms with van der Waals surface area (Å²) in [4.78, 5) is 16.2. The molecule has 0 atom stereocenters. The first-order valence-corrected chi connectivity index (χ1v) is 10.2. The molecule has 6 nitrogen and oxygen atoms in total. The number of ether oxygens (including phenoxy) is 3. The average Bonchev–Trinajstić information content (AvgIpc) is 2.73. The van der Waals surface area contributed by atoms with E-state index in [1.165, 1.54) is 18.2 Å². The Morgan fingerprint density at radius 1 is 1.16 bits per heavy atom. The molecule has 1 saturated heterocycles. The number of rotatable bonds is 11. The zero-order valence-corrected chi connectivity index (χ0v) is 17.7. The van der Waals surface area contributed by atoms with E-state index in [4.69, 9.17) is 4.74 Å². The van der Waals surface area contributed by atoms with Gasteiger partial charge in [-0.25, -0.2) is 0 Å². The first-order valence-electron chi connectivity index (χ1n) is 10.2. The lowest BCUT2D eigenvalue weighted by molar-refractivity contribution is -0.174. The molecule has 0 saturated carbocycles. The van der Waals surface area contributed by atoms with Crippen molar-refractivity contribution < 1.29 is 41.0 Å². The number of carbonyl (C=O) groups excluding carboxylic acids is 1. The van der Waals surface area contributed by atoms with E-state index in [1.54, 1.807) is 24.0 Å². The van der Waals surface area contributed by atoms with E-state index < -0.39 is 19.4 Å². The van der Waals surface area contributed by atoms with Gasteiger partial charge in [0.1, 0.15) is 6.61 Å². The smallest absolute Gasteiger partial charge is 0.411 e. The van der Waals surface area contributed by atoms with Crippen molar-refractivity contribution in [3.63, 3.8) is 0 Å². The molecule has 11 heteroatoms. The fraction of sp³-hybridized carbons (Fsp3) is 0.571. The largest absolute Gasteiger partial charge is 0.490 e. The van der Waals surface area contributed by atoms with Gasteiger partial charge in [-0.1, -0.05) is 6.07 Å². The second kappa shape index (κ2) is 12.6. The number of hydrogen-bond donors (Lipinski definition) is 0. The number of nitrogens with zero attached hydrogens (tertiary/aromatic N) is 2. The topological polar surface area (TPSA) is 51.2 Å². The number of hydrogen-bond acceptors (Lipinski definition) is 5. The Kier molecular flexibility index (Phi) is 10.2. The molecule has 0 radical (unpaired) electrons. The maximum atomic E-state index is 12.5. The first kappa shape index (κ1) is 25.9. The number of alkyl halides is 5. The van der Waals surface area contributed by atoms with Crippen molar-refractivity contribution >= 4 is 12.0 Å². The lowest BCUT2D eigenvalue weighted by Crippen LogP contribution is -2.48. The van der Waals surface area contributed by atoms with E-state index in [2.05, 4.69) is 14.4 Å². The Labute approximate surface area is 183 Å². The average molecular weight is 466 g/mol. The molecule has 1 aliphatic heterocycles. The third-order valence-electron chi connectivity index (χ3n) is 4.61. The minimum atomic E-state index is -4.31. The molecule has 1 amide bonds. The highest BCUT2D eigenvalue weighted by Gasteiger charge is 2.27. The third-order valence-corrected chi connectivity index (χ3v) is 4.61. The minimum Gasteiger partial charge on any atom is -0.490 e. The summed E-state index contributed by atoms with van der Waals surface area (Å²) in [6, 6.07) is 4.42. The van der Waals surface area contributed by atoms with Crippen LogP contribution in [0.1, 0.15) is 18.9 Å². The number of halogens is 5. The Morgan fingerprint density at radius 3 is 2.50 bits per heavy atom. The van der Waals surface area contributed by atoms with Gasteiger partial charge in [-0.05, 0) is 37.1 Å². The lowest BCUT2D eigenvalue weighted by Gasteiger charge is -2.34. The van der Waals surface area contributed by atoms with Gasteiger partial charge in [-0.3, -0.25) is 9.69 Å². The first-order chi connectivity index (χ1) is 15.2. The van der Waals surface area contributed by atoms with Crippen molar-refractivity contribution in [2.75, 3.05) is 52.5 Å². The Bertz CT molecular complexity index is 750. The second-order valence-corrected chi connectivity index (χ2v) is 7.04. The minimum absolute atomic E-state index is 0.0340. The van der Waals surface area contributed by atoms with Crippen LogP contribution in [-0.2, 0) is 9.53 Å². The second-order valence-electron chi connectivity index (χ2n) is 7.04. The Morgan fingerprint density at radius 2 is 1.88 bits per heavy atom. The summed E-state index contributed by atoms with van der Waals surface area (Å²) < 4.78 is 75.4. The van der Waals surface area contributed by atoms with Gasteiger partial charge in [0, 0.05) is 45.4 Å². The molecule has 1 aliphatic rings. The van der Waals surface area contributed by atoms with E-state index in [0.29, 0.717) is 44.7 Å². The van der Waals surface area contributed by atoms with Crippen molar-refractivity contribution in [3.8, 4) is 11.5 Å². The molecular formula is C21H27F5N2O4. The van der Waals surface area contributed by atoms with Gasteiger partial charge in [-0.15, -0.1) is 0 Å². The van der Waals surface area contributed by atoms with E-state index in [0.717, 1.165) is 0 Å². The van der Waals surface area contributed by atoms with Gasteiger partial charge >= 0.3 is 12.8 Å². The van der Waals surface area contributed by atoms with E-state index in [9.17, 15) is 26.7 Å². The molecule has 0 aromatic heterocycles. The van der Waals surface area contributed by atoms with E-state index >= 15 is 0 Å². The fourth-order valence-electron chi connectivity index (χ4n) is 3.13. The van der Waals surface area contributed by atoms with Crippen LogP contribution in [0.25, 0.3) is 6.08 Å². The van der Waals surface area contributed by atoms with Crippen molar-refractivity contribution in [3.05, 3.63) is 29.8 Å². The van der Waals surface area contributed by atoms with Crippen LogP contribution in [0.3, 0.4) is 0 Å². The maximum absolute atomic E-state index is 12.5. The van der Waals surface area contributed by atoms with Gasteiger partial charge in [0.05, 0.1) is 6.61 Å². The van der Waals surface area contributed by atoms with Gasteiger partial charge in [0.25, 0.3) is 0 Å². The molecule has 0 aliphatic carbocycles.